The van der Waals surface area contributed by atoms with Crippen molar-refractivity contribution < 1.29 is 27.6 Å². The van der Waals surface area contributed by atoms with Gasteiger partial charge in [0.15, 0.2) is 26.5 Å². The third-order valence-corrected chi connectivity index (χ3v) is 6.00. The van der Waals surface area contributed by atoms with Crippen LogP contribution in [0.1, 0.15) is 10.4 Å². The lowest BCUT2D eigenvalue weighted by atomic mass is 10.1. The molecule has 0 aliphatic heterocycles. The van der Waals surface area contributed by atoms with Crippen LogP contribution in [-0.4, -0.2) is 44.7 Å². The number of anilines is 1. The number of ether oxygens (including phenoxy) is 2. The molecule has 1 N–H and O–H groups in total. The summed E-state index contributed by atoms with van der Waals surface area (Å²) in [6.07, 6.45) is 1.09. The molecule has 0 saturated heterocycles. The average molecular weight is 437 g/mol. The molecule has 2 aromatic carbocycles. The Morgan fingerprint density at radius 3 is 2.41 bits per heavy atom. The first-order chi connectivity index (χ1) is 13.6. The van der Waals surface area contributed by atoms with Gasteiger partial charge < -0.3 is 9.47 Å². The highest BCUT2D eigenvalue weighted by atomic mass is 32.2. The number of carbonyl (C=O) groups excluding carboxylic acids is 1. The molecule has 0 radical (unpaired) electrons. The number of hydrogen-bond donors (Lipinski definition) is 1. The molecule has 0 spiro atoms. The van der Waals surface area contributed by atoms with Crippen molar-refractivity contribution in [3.05, 3.63) is 46.0 Å². The summed E-state index contributed by atoms with van der Waals surface area (Å²) in [5.41, 5.74) is -0.205. The Labute approximate surface area is 169 Å². The van der Waals surface area contributed by atoms with Crippen LogP contribution in [-0.2, 0) is 9.84 Å². The lowest BCUT2D eigenvalue weighted by molar-refractivity contribution is -0.385. The van der Waals surface area contributed by atoms with Crippen LogP contribution in [0.2, 0.25) is 0 Å². The van der Waals surface area contributed by atoms with Crippen LogP contribution in [0.4, 0.5) is 10.8 Å². The van der Waals surface area contributed by atoms with E-state index in [9.17, 15) is 23.3 Å². The molecule has 152 valence electrons. The third-order valence-electron chi connectivity index (χ3n) is 3.95. The predicted octanol–water partition coefficient (Wildman–Crippen LogP) is 2.88. The van der Waals surface area contributed by atoms with Crippen molar-refractivity contribution in [2.75, 3.05) is 25.8 Å². The third kappa shape index (κ3) is 4.12. The van der Waals surface area contributed by atoms with Gasteiger partial charge in [-0.15, -0.1) is 0 Å². The number of methoxy groups -OCH3 is 2. The molecular formula is C17H15N3O7S2. The molecule has 0 fully saturated rings. The number of hydrogen-bond acceptors (Lipinski definition) is 9. The van der Waals surface area contributed by atoms with E-state index >= 15 is 0 Å². The van der Waals surface area contributed by atoms with Crippen molar-refractivity contribution >= 4 is 48.1 Å². The zero-order chi connectivity index (χ0) is 21.3. The number of fused-ring (bicyclic) bond motifs is 1. The molecule has 0 aliphatic carbocycles. The Kier molecular flexibility index (Phi) is 5.40. The zero-order valence-electron chi connectivity index (χ0n) is 15.5. The van der Waals surface area contributed by atoms with Crippen LogP contribution >= 0.6 is 11.3 Å². The first-order valence-corrected chi connectivity index (χ1v) is 10.7. The number of rotatable bonds is 6. The number of benzene rings is 2. The summed E-state index contributed by atoms with van der Waals surface area (Å²) >= 11 is 1.05. The molecule has 1 aromatic heterocycles. The molecule has 12 heteroatoms. The fourth-order valence-electron chi connectivity index (χ4n) is 2.55. The van der Waals surface area contributed by atoms with Gasteiger partial charge in [0.2, 0.25) is 0 Å². The summed E-state index contributed by atoms with van der Waals surface area (Å²) < 4.78 is 34.1. The number of sulfone groups is 1. The molecule has 3 rings (SSSR count). The minimum absolute atomic E-state index is 0.115. The van der Waals surface area contributed by atoms with Gasteiger partial charge in [-0.05, 0) is 18.2 Å². The Morgan fingerprint density at radius 1 is 1.17 bits per heavy atom. The highest BCUT2D eigenvalue weighted by molar-refractivity contribution is 7.90. The van der Waals surface area contributed by atoms with Crippen LogP contribution in [0.3, 0.4) is 0 Å². The standard InChI is InChI=1S/C17H15N3O7S2/c1-26-13-7-10(12(20(22)23)8-14(13)27-2)16(21)19-17-18-11-5-4-9(29(3,24)25)6-15(11)28-17/h4-8H,1-3H3,(H,18,19,21). The van der Waals surface area contributed by atoms with Gasteiger partial charge in [0.1, 0.15) is 5.56 Å². The fourth-order valence-corrected chi connectivity index (χ4v) is 4.18. The van der Waals surface area contributed by atoms with E-state index in [0.29, 0.717) is 10.2 Å². The molecule has 0 saturated carbocycles. The second kappa shape index (κ2) is 7.64. The highest BCUT2D eigenvalue weighted by Gasteiger charge is 2.25. The van der Waals surface area contributed by atoms with E-state index in [4.69, 9.17) is 9.47 Å². The van der Waals surface area contributed by atoms with E-state index in [0.717, 1.165) is 23.7 Å². The van der Waals surface area contributed by atoms with E-state index in [1.165, 1.54) is 38.5 Å². The molecular weight excluding hydrogens is 422 g/mol. The van der Waals surface area contributed by atoms with Gasteiger partial charge in [0, 0.05) is 12.3 Å². The van der Waals surface area contributed by atoms with Crippen molar-refractivity contribution in [2.45, 2.75) is 4.90 Å². The number of carbonyl (C=O) groups is 1. The lowest BCUT2D eigenvalue weighted by Gasteiger charge is -2.10. The number of nitrogens with one attached hydrogen (secondary N) is 1. The van der Waals surface area contributed by atoms with Crippen LogP contribution < -0.4 is 14.8 Å². The molecule has 1 heterocycles. The highest BCUT2D eigenvalue weighted by Crippen LogP contribution is 2.35. The molecule has 0 atom stereocenters. The Morgan fingerprint density at radius 2 is 1.83 bits per heavy atom. The number of nitro groups is 1. The molecule has 29 heavy (non-hydrogen) atoms. The van der Waals surface area contributed by atoms with Gasteiger partial charge in [0.25, 0.3) is 11.6 Å². The first kappa shape index (κ1) is 20.5. The Balaban J connectivity index is 1.99. The molecule has 0 aliphatic rings. The summed E-state index contributed by atoms with van der Waals surface area (Å²) in [5, 5.41) is 14.1. The maximum atomic E-state index is 12.7. The molecule has 3 aromatic rings. The zero-order valence-corrected chi connectivity index (χ0v) is 17.1. The van der Waals surface area contributed by atoms with E-state index in [1.54, 1.807) is 0 Å². The van der Waals surface area contributed by atoms with Crippen LogP contribution in [0.25, 0.3) is 10.2 Å². The van der Waals surface area contributed by atoms with Gasteiger partial charge >= 0.3 is 0 Å². The van der Waals surface area contributed by atoms with Crippen LogP contribution in [0, 0.1) is 10.1 Å². The Bertz CT molecular complexity index is 1240. The second-order valence-corrected chi connectivity index (χ2v) is 8.90. The lowest BCUT2D eigenvalue weighted by Crippen LogP contribution is -2.14. The Hall–Kier alpha value is -3.25. The van der Waals surface area contributed by atoms with Gasteiger partial charge in [-0.2, -0.15) is 0 Å². The van der Waals surface area contributed by atoms with E-state index in [1.807, 2.05) is 0 Å². The number of nitro benzene ring substituents is 1. The SMILES string of the molecule is COc1cc(C(=O)Nc2nc3ccc(S(C)(=O)=O)cc3s2)c([N+](=O)[O-])cc1OC. The molecule has 1 amide bonds. The monoisotopic (exact) mass is 437 g/mol. The fraction of sp³-hybridized carbons (Fsp3) is 0.176. The number of nitrogens with zero attached hydrogens (tertiary/aromatic N) is 2. The maximum Gasteiger partial charge on any atom is 0.286 e. The van der Waals surface area contributed by atoms with E-state index in [-0.39, 0.29) is 27.1 Å². The maximum absolute atomic E-state index is 12.7. The van der Waals surface area contributed by atoms with Gasteiger partial charge in [-0.1, -0.05) is 11.3 Å². The van der Waals surface area contributed by atoms with Crippen molar-refractivity contribution in [1.29, 1.82) is 0 Å². The van der Waals surface area contributed by atoms with Gasteiger partial charge in [0.05, 0.1) is 40.3 Å². The van der Waals surface area contributed by atoms with Crippen molar-refractivity contribution in [2.24, 2.45) is 0 Å². The van der Waals surface area contributed by atoms with Gasteiger partial charge in [-0.3, -0.25) is 20.2 Å². The van der Waals surface area contributed by atoms with Crippen molar-refractivity contribution in [3.8, 4) is 11.5 Å². The van der Waals surface area contributed by atoms with Crippen LogP contribution in [0.5, 0.6) is 11.5 Å². The first-order valence-electron chi connectivity index (χ1n) is 7.96. The van der Waals surface area contributed by atoms with E-state index in [2.05, 4.69) is 10.3 Å². The number of aromatic nitrogens is 1. The summed E-state index contributed by atoms with van der Waals surface area (Å²) in [4.78, 5) is 27.7. The minimum atomic E-state index is -3.39. The molecule has 0 bridgehead atoms. The summed E-state index contributed by atoms with van der Waals surface area (Å²) in [7, 11) is -0.718. The van der Waals surface area contributed by atoms with Crippen molar-refractivity contribution in [3.63, 3.8) is 0 Å². The number of amides is 1. The van der Waals surface area contributed by atoms with Crippen LogP contribution in [0.15, 0.2) is 35.2 Å². The minimum Gasteiger partial charge on any atom is -0.493 e. The second-order valence-electron chi connectivity index (χ2n) is 5.86. The summed E-state index contributed by atoms with van der Waals surface area (Å²) in [6.45, 7) is 0. The number of thiazole rings is 1. The van der Waals surface area contributed by atoms with Gasteiger partial charge in [-0.25, -0.2) is 13.4 Å². The normalized spacial score (nSPS) is 11.3. The smallest absolute Gasteiger partial charge is 0.286 e. The quantitative estimate of drug-likeness (QED) is 0.459. The molecule has 0 unspecified atom stereocenters. The van der Waals surface area contributed by atoms with Crippen molar-refractivity contribution in [1.82, 2.24) is 4.98 Å². The summed E-state index contributed by atoms with van der Waals surface area (Å²) in [6, 6.07) is 6.71. The topological polar surface area (TPSA) is 138 Å². The van der Waals surface area contributed by atoms with E-state index < -0.39 is 26.4 Å². The predicted molar refractivity (Wildman–Crippen MR) is 107 cm³/mol. The molecule has 10 nitrogen and oxygen atoms in total. The summed E-state index contributed by atoms with van der Waals surface area (Å²) in [5.74, 6) is -0.491. The average Bonchev–Trinajstić information content (AvgIpc) is 3.07. The largest absolute Gasteiger partial charge is 0.493 e.